The fourth-order valence-corrected chi connectivity index (χ4v) is 5.05. The minimum absolute atomic E-state index is 0.486. The summed E-state index contributed by atoms with van der Waals surface area (Å²) < 4.78 is 28.9. The first-order valence-corrected chi connectivity index (χ1v) is 9.66. The van der Waals surface area contributed by atoms with Crippen molar-refractivity contribution in [3.05, 3.63) is 0 Å². The summed E-state index contributed by atoms with van der Waals surface area (Å²) in [5, 5.41) is 0. The Bertz CT molecular complexity index is 397. The zero-order valence-corrected chi connectivity index (χ0v) is 13.8. The van der Waals surface area contributed by atoms with E-state index in [2.05, 4.69) is 18.6 Å². The number of rotatable bonds is 5. The molecule has 0 aromatic rings. The molecule has 0 unspecified atom stereocenters. The summed E-state index contributed by atoms with van der Waals surface area (Å²) in [5.41, 5.74) is 0. The van der Waals surface area contributed by atoms with Crippen molar-refractivity contribution in [1.29, 1.82) is 0 Å². The Morgan fingerprint density at radius 2 is 1.85 bits per heavy atom. The van der Waals surface area contributed by atoms with Crippen LogP contribution < -0.4 is 4.72 Å². The van der Waals surface area contributed by atoms with Crippen LogP contribution in [0.2, 0.25) is 0 Å². The van der Waals surface area contributed by atoms with Crippen molar-refractivity contribution < 1.29 is 8.42 Å². The van der Waals surface area contributed by atoms with Gasteiger partial charge in [-0.2, -0.15) is 12.7 Å². The van der Waals surface area contributed by atoms with Crippen LogP contribution in [0.3, 0.4) is 0 Å². The standard InChI is InChI=1S/C15H30N2O2S/c1-13-5-3-7-15(11-13)8-9-16-20(18,19)17-10-4-6-14(2)12-17/h13-16H,3-12H2,1-2H3/t13-,14-,15-/m1/s1. The van der Waals surface area contributed by atoms with Gasteiger partial charge in [0.2, 0.25) is 0 Å². The van der Waals surface area contributed by atoms with E-state index >= 15 is 0 Å². The van der Waals surface area contributed by atoms with Gasteiger partial charge >= 0.3 is 0 Å². The van der Waals surface area contributed by atoms with Crippen molar-refractivity contribution in [2.45, 2.75) is 58.8 Å². The molecule has 0 aromatic heterocycles. The summed E-state index contributed by atoms with van der Waals surface area (Å²) in [7, 11) is -3.25. The summed E-state index contributed by atoms with van der Waals surface area (Å²) in [6, 6.07) is 0. The van der Waals surface area contributed by atoms with Crippen LogP contribution in [0.5, 0.6) is 0 Å². The second-order valence-corrected chi connectivity index (χ2v) is 8.69. The van der Waals surface area contributed by atoms with Gasteiger partial charge in [-0.25, -0.2) is 4.72 Å². The molecule has 5 heteroatoms. The fourth-order valence-electron chi connectivity index (χ4n) is 3.67. The van der Waals surface area contributed by atoms with E-state index in [1.54, 1.807) is 4.31 Å². The van der Waals surface area contributed by atoms with Gasteiger partial charge in [0.05, 0.1) is 0 Å². The third kappa shape index (κ3) is 4.71. The molecule has 118 valence electrons. The lowest BCUT2D eigenvalue weighted by atomic mass is 9.81. The van der Waals surface area contributed by atoms with Crippen LogP contribution in [0.4, 0.5) is 0 Å². The first-order valence-electron chi connectivity index (χ1n) is 8.22. The van der Waals surface area contributed by atoms with Gasteiger partial charge in [-0.1, -0.05) is 33.1 Å². The number of hydrogen-bond acceptors (Lipinski definition) is 2. The Morgan fingerprint density at radius 1 is 1.10 bits per heavy atom. The Morgan fingerprint density at radius 3 is 2.55 bits per heavy atom. The molecule has 20 heavy (non-hydrogen) atoms. The average Bonchev–Trinajstić information content (AvgIpc) is 2.38. The van der Waals surface area contributed by atoms with Gasteiger partial charge in [0, 0.05) is 19.6 Å². The van der Waals surface area contributed by atoms with Crippen LogP contribution in [-0.2, 0) is 10.2 Å². The van der Waals surface area contributed by atoms with E-state index in [1.807, 2.05) is 0 Å². The zero-order valence-electron chi connectivity index (χ0n) is 13.0. The molecule has 2 rings (SSSR count). The van der Waals surface area contributed by atoms with E-state index < -0.39 is 10.2 Å². The first kappa shape index (κ1) is 16.2. The highest BCUT2D eigenvalue weighted by molar-refractivity contribution is 7.87. The van der Waals surface area contributed by atoms with E-state index in [-0.39, 0.29) is 0 Å². The Labute approximate surface area is 124 Å². The molecular formula is C15H30N2O2S. The van der Waals surface area contributed by atoms with Crippen molar-refractivity contribution in [3.63, 3.8) is 0 Å². The summed E-state index contributed by atoms with van der Waals surface area (Å²) in [6.07, 6.45) is 8.31. The molecule has 2 aliphatic rings. The highest BCUT2D eigenvalue weighted by Crippen LogP contribution is 2.30. The summed E-state index contributed by atoms with van der Waals surface area (Å²) >= 11 is 0. The largest absolute Gasteiger partial charge is 0.279 e. The lowest BCUT2D eigenvalue weighted by molar-refractivity contribution is 0.265. The molecule has 1 N–H and O–H groups in total. The lowest BCUT2D eigenvalue weighted by Gasteiger charge is -2.30. The Hall–Kier alpha value is -0.130. The lowest BCUT2D eigenvalue weighted by Crippen LogP contribution is -2.46. The number of nitrogens with zero attached hydrogens (tertiary/aromatic N) is 1. The number of hydrogen-bond donors (Lipinski definition) is 1. The smallest absolute Gasteiger partial charge is 0.202 e. The minimum Gasteiger partial charge on any atom is -0.202 e. The van der Waals surface area contributed by atoms with Crippen LogP contribution in [0, 0.1) is 17.8 Å². The highest BCUT2D eigenvalue weighted by atomic mass is 32.2. The SMILES string of the molecule is C[C@@H]1CCC[C@H](CCNS(=O)(=O)N2CCC[C@@H](C)C2)C1. The van der Waals surface area contributed by atoms with Crippen LogP contribution in [-0.4, -0.2) is 32.4 Å². The Kier molecular flexibility index (Phi) is 5.87. The molecule has 1 aliphatic carbocycles. The van der Waals surface area contributed by atoms with Gasteiger partial charge in [-0.05, 0) is 43.4 Å². The first-order chi connectivity index (χ1) is 9.47. The van der Waals surface area contributed by atoms with Crippen molar-refractivity contribution in [3.8, 4) is 0 Å². The second-order valence-electron chi connectivity index (χ2n) is 6.93. The van der Waals surface area contributed by atoms with Crippen molar-refractivity contribution in [2.75, 3.05) is 19.6 Å². The fraction of sp³-hybridized carbons (Fsp3) is 1.00. The predicted molar refractivity (Wildman–Crippen MR) is 82.6 cm³/mol. The molecule has 1 heterocycles. The van der Waals surface area contributed by atoms with E-state index in [9.17, 15) is 8.42 Å². The second kappa shape index (κ2) is 7.23. The van der Waals surface area contributed by atoms with Crippen LogP contribution >= 0.6 is 0 Å². The van der Waals surface area contributed by atoms with Crippen molar-refractivity contribution >= 4 is 10.2 Å². The van der Waals surface area contributed by atoms with E-state index in [0.717, 1.165) is 25.2 Å². The van der Waals surface area contributed by atoms with Crippen LogP contribution in [0.25, 0.3) is 0 Å². The van der Waals surface area contributed by atoms with E-state index in [0.29, 0.717) is 31.5 Å². The normalized spacial score (nSPS) is 33.2. The van der Waals surface area contributed by atoms with Gasteiger partial charge in [0.25, 0.3) is 10.2 Å². The van der Waals surface area contributed by atoms with Crippen molar-refractivity contribution in [1.82, 2.24) is 9.03 Å². The van der Waals surface area contributed by atoms with Crippen LogP contribution in [0.15, 0.2) is 0 Å². The molecular weight excluding hydrogens is 272 g/mol. The molecule has 4 nitrogen and oxygen atoms in total. The van der Waals surface area contributed by atoms with Crippen LogP contribution in [0.1, 0.15) is 58.8 Å². The summed E-state index contributed by atoms with van der Waals surface area (Å²) in [5.74, 6) is 2.01. The van der Waals surface area contributed by atoms with Gasteiger partial charge in [0.15, 0.2) is 0 Å². The zero-order chi connectivity index (χ0) is 14.6. The molecule has 1 aliphatic heterocycles. The van der Waals surface area contributed by atoms with Gasteiger partial charge in [-0.15, -0.1) is 0 Å². The Balaban J connectivity index is 1.74. The topological polar surface area (TPSA) is 49.4 Å². The number of piperidine rings is 1. The number of nitrogens with one attached hydrogen (secondary N) is 1. The maximum atomic E-state index is 12.3. The quantitative estimate of drug-likeness (QED) is 0.849. The molecule has 1 saturated carbocycles. The average molecular weight is 302 g/mol. The van der Waals surface area contributed by atoms with E-state index in [1.165, 1.54) is 25.7 Å². The third-order valence-electron chi connectivity index (χ3n) is 4.84. The molecule has 0 amide bonds. The van der Waals surface area contributed by atoms with E-state index in [4.69, 9.17) is 0 Å². The summed E-state index contributed by atoms with van der Waals surface area (Å²) in [6.45, 7) is 6.40. The van der Waals surface area contributed by atoms with Gasteiger partial charge in [-0.3, -0.25) is 0 Å². The third-order valence-corrected chi connectivity index (χ3v) is 6.42. The predicted octanol–water partition coefficient (Wildman–Crippen LogP) is 2.77. The molecule has 0 bridgehead atoms. The molecule has 2 fully saturated rings. The highest BCUT2D eigenvalue weighted by Gasteiger charge is 2.27. The maximum Gasteiger partial charge on any atom is 0.279 e. The molecule has 0 radical (unpaired) electrons. The summed E-state index contributed by atoms with van der Waals surface area (Å²) in [4.78, 5) is 0. The maximum absolute atomic E-state index is 12.3. The molecule has 3 atom stereocenters. The monoisotopic (exact) mass is 302 g/mol. The van der Waals surface area contributed by atoms with Gasteiger partial charge in [0.1, 0.15) is 0 Å². The van der Waals surface area contributed by atoms with Crippen molar-refractivity contribution in [2.24, 2.45) is 17.8 Å². The molecule has 1 saturated heterocycles. The van der Waals surface area contributed by atoms with Gasteiger partial charge < -0.3 is 0 Å². The molecule has 0 spiro atoms. The minimum atomic E-state index is -3.25. The molecule has 0 aromatic carbocycles.